The maximum Gasteiger partial charge on any atom is 0.263 e. The summed E-state index contributed by atoms with van der Waals surface area (Å²) < 4.78 is 32.0. The number of ether oxygens (including phenoxy) is 1. The van der Waals surface area contributed by atoms with Crippen LogP contribution in [0.15, 0.2) is 5.03 Å². The van der Waals surface area contributed by atoms with Crippen molar-refractivity contribution < 1.29 is 18.3 Å². The van der Waals surface area contributed by atoms with E-state index in [-0.39, 0.29) is 23.8 Å². The molecule has 2 atom stereocenters. The summed E-state index contributed by atoms with van der Waals surface area (Å²) in [5.74, 6) is 0. The number of rotatable bonds is 3. The zero-order chi connectivity index (χ0) is 14.2. The zero-order valence-electron chi connectivity index (χ0n) is 11.3. The SMILES string of the molecule is Cc1[nH]nc(S(=O)(=O)N2CC(C)OCC2C)c1CO. The number of nitrogens with one attached hydrogen (secondary N) is 1. The molecule has 1 aliphatic heterocycles. The summed E-state index contributed by atoms with van der Waals surface area (Å²) in [6, 6.07) is -0.246. The molecule has 0 bridgehead atoms. The molecule has 2 N–H and O–H groups in total. The fraction of sp³-hybridized carbons (Fsp3) is 0.727. The number of aromatic nitrogens is 2. The molecule has 1 aromatic rings. The van der Waals surface area contributed by atoms with E-state index in [2.05, 4.69) is 10.2 Å². The lowest BCUT2D eigenvalue weighted by Gasteiger charge is -2.35. The summed E-state index contributed by atoms with van der Waals surface area (Å²) in [6.07, 6.45) is -0.149. The number of hydrogen-bond acceptors (Lipinski definition) is 5. The Kier molecular flexibility index (Phi) is 3.95. The highest BCUT2D eigenvalue weighted by molar-refractivity contribution is 7.89. The number of aliphatic hydroxyl groups is 1. The topological polar surface area (TPSA) is 95.5 Å². The van der Waals surface area contributed by atoms with Crippen molar-refractivity contribution in [2.24, 2.45) is 0 Å². The van der Waals surface area contributed by atoms with Crippen LogP contribution in [0.2, 0.25) is 0 Å². The van der Waals surface area contributed by atoms with Crippen LogP contribution in [0.1, 0.15) is 25.1 Å². The maximum atomic E-state index is 12.6. The lowest BCUT2D eigenvalue weighted by atomic mass is 10.2. The van der Waals surface area contributed by atoms with Gasteiger partial charge in [-0.05, 0) is 20.8 Å². The number of aliphatic hydroxyl groups excluding tert-OH is 1. The average molecular weight is 289 g/mol. The second-order valence-electron chi connectivity index (χ2n) is 4.86. The van der Waals surface area contributed by atoms with E-state index in [1.54, 1.807) is 13.8 Å². The third kappa shape index (κ3) is 2.53. The first kappa shape index (κ1) is 14.4. The number of aromatic amines is 1. The highest BCUT2D eigenvalue weighted by Gasteiger charge is 2.37. The summed E-state index contributed by atoms with van der Waals surface area (Å²) in [6.45, 7) is 5.60. The summed E-state index contributed by atoms with van der Waals surface area (Å²) in [5.41, 5.74) is 0.890. The Bertz CT molecular complexity index is 554. The largest absolute Gasteiger partial charge is 0.392 e. The van der Waals surface area contributed by atoms with Crippen LogP contribution >= 0.6 is 0 Å². The third-order valence-electron chi connectivity index (χ3n) is 3.30. The highest BCUT2D eigenvalue weighted by Crippen LogP contribution is 2.24. The van der Waals surface area contributed by atoms with Gasteiger partial charge >= 0.3 is 0 Å². The number of hydrogen-bond donors (Lipinski definition) is 2. The standard InChI is InChI=1S/C11H19N3O4S/c1-7-6-18-8(2)4-14(7)19(16,17)11-10(5-15)9(3)12-13-11/h7-8,15H,4-6H2,1-3H3,(H,12,13). The van der Waals surface area contributed by atoms with Crippen molar-refractivity contribution in [1.82, 2.24) is 14.5 Å². The quantitative estimate of drug-likeness (QED) is 0.817. The van der Waals surface area contributed by atoms with E-state index in [9.17, 15) is 13.5 Å². The number of H-pyrrole nitrogens is 1. The molecule has 1 fully saturated rings. The molecule has 2 unspecified atom stereocenters. The van der Waals surface area contributed by atoms with Crippen LogP contribution in [-0.4, -0.2) is 53.3 Å². The molecule has 0 aromatic carbocycles. The molecule has 2 rings (SSSR count). The van der Waals surface area contributed by atoms with Crippen molar-refractivity contribution in [2.45, 2.75) is 44.5 Å². The van der Waals surface area contributed by atoms with E-state index in [1.807, 2.05) is 6.92 Å². The van der Waals surface area contributed by atoms with Gasteiger partial charge in [0.25, 0.3) is 10.0 Å². The normalized spacial score (nSPS) is 25.7. The van der Waals surface area contributed by atoms with Crippen LogP contribution in [0, 0.1) is 6.92 Å². The second-order valence-corrected chi connectivity index (χ2v) is 6.66. The van der Waals surface area contributed by atoms with Crippen LogP contribution in [0.25, 0.3) is 0 Å². The van der Waals surface area contributed by atoms with Gasteiger partial charge in [0.15, 0.2) is 5.03 Å². The molecule has 8 heteroatoms. The van der Waals surface area contributed by atoms with Gasteiger partial charge in [-0.3, -0.25) is 5.10 Å². The van der Waals surface area contributed by atoms with E-state index in [0.29, 0.717) is 24.4 Å². The molecule has 1 saturated heterocycles. The van der Waals surface area contributed by atoms with Gasteiger partial charge in [-0.15, -0.1) is 0 Å². The Hall–Kier alpha value is -0.960. The number of sulfonamides is 1. The van der Waals surface area contributed by atoms with Gasteiger partial charge in [0.2, 0.25) is 0 Å². The summed E-state index contributed by atoms with van der Waals surface area (Å²) >= 11 is 0. The number of aryl methyl sites for hydroxylation is 1. The summed E-state index contributed by atoms with van der Waals surface area (Å²) in [5, 5.41) is 15.7. The molecule has 0 amide bonds. The van der Waals surface area contributed by atoms with Gasteiger partial charge < -0.3 is 9.84 Å². The molecule has 0 spiro atoms. The Morgan fingerprint density at radius 3 is 2.84 bits per heavy atom. The highest BCUT2D eigenvalue weighted by atomic mass is 32.2. The lowest BCUT2D eigenvalue weighted by molar-refractivity contribution is -0.0171. The van der Waals surface area contributed by atoms with Gasteiger partial charge in [0, 0.05) is 23.8 Å². The minimum atomic E-state index is -3.72. The first-order chi connectivity index (χ1) is 8.87. The van der Waals surface area contributed by atoms with Crippen molar-refractivity contribution in [3.8, 4) is 0 Å². The monoisotopic (exact) mass is 289 g/mol. The predicted molar refractivity (Wildman–Crippen MR) is 68.0 cm³/mol. The van der Waals surface area contributed by atoms with Crippen LogP contribution in [0.3, 0.4) is 0 Å². The second kappa shape index (κ2) is 5.20. The van der Waals surface area contributed by atoms with Crippen molar-refractivity contribution in [1.29, 1.82) is 0 Å². The van der Waals surface area contributed by atoms with Crippen LogP contribution < -0.4 is 0 Å². The Morgan fingerprint density at radius 2 is 2.21 bits per heavy atom. The van der Waals surface area contributed by atoms with Gasteiger partial charge in [-0.25, -0.2) is 8.42 Å². The molecule has 0 radical (unpaired) electrons. The smallest absolute Gasteiger partial charge is 0.263 e. The summed E-state index contributed by atoms with van der Waals surface area (Å²) in [4.78, 5) is 0. The molecular formula is C11H19N3O4S. The van der Waals surface area contributed by atoms with E-state index < -0.39 is 10.0 Å². The fourth-order valence-corrected chi connectivity index (χ4v) is 4.00. The molecular weight excluding hydrogens is 270 g/mol. The molecule has 1 aliphatic rings. The Balaban J connectivity index is 2.41. The fourth-order valence-electron chi connectivity index (χ4n) is 2.15. The lowest BCUT2D eigenvalue weighted by Crippen LogP contribution is -2.50. The van der Waals surface area contributed by atoms with Crippen LogP contribution in [0.4, 0.5) is 0 Å². The number of morpholine rings is 1. The molecule has 108 valence electrons. The Morgan fingerprint density at radius 1 is 1.53 bits per heavy atom. The van der Waals surface area contributed by atoms with Gasteiger partial charge in [0.05, 0.1) is 19.3 Å². The van der Waals surface area contributed by atoms with Crippen molar-refractivity contribution >= 4 is 10.0 Å². The maximum absolute atomic E-state index is 12.6. The van der Waals surface area contributed by atoms with Gasteiger partial charge in [0.1, 0.15) is 0 Å². The molecule has 7 nitrogen and oxygen atoms in total. The van der Waals surface area contributed by atoms with Crippen LogP contribution in [0.5, 0.6) is 0 Å². The molecule has 2 heterocycles. The molecule has 0 saturated carbocycles. The van der Waals surface area contributed by atoms with Gasteiger partial charge in [-0.1, -0.05) is 0 Å². The van der Waals surface area contributed by atoms with E-state index in [1.165, 1.54) is 4.31 Å². The van der Waals surface area contributed by atoms with E-state index >= 15 is 0 Å². The van der Waals surface area contributed by atoms with E-state index in [4.69, 9.17) is 4.74 Å². The minimum Gasteiger partial charge on any atom is -0.392 e. The van der Waals surface area contributed by atoms with Crippen molar-refractivity contribution in [2.75, 3.05) is 13.2 Å². The van der Waals surface area contributed by atoms with Crippen molar-refractivity contribution in [3.05, 3.63) is 11.3 Å². The first-order valence-electron chi connectivity index (χ1n) is 6.16. The minimum absolute atomic E-state index is 0.0894. The Labute approximate surface area is 112 Å². The van der Waals surface area contributed by atoms with Crippen molar-refractivity contribution in [3.63, 3.8) is 0 Å². The molecule has 0 aliphatic carbocycles. The average Bonchev–Trinajstić information content (AvgIpc) is 2.74. The van der Waals surface area contributed by atoms with Crippen LogP contribution in [-0.2, 0) is 21.4 Å². The predicted octanol–water partition coefficient (Wildman–Crippen LogP) is 0.00832. The molecule has 1 aromatic heterocycles. The summed E-state index contributed by atoms with van der Waals surface area (Å²) in [7, 11) is -3.72. The zero-order valence-corrected chi connectivity index (χ0v) is 12.1. The first-order valence-corrected chi connectivity index (χ1v) is 7.60. The van der Waals surface area contributed by atoms with E-state index in [0.717, 1.165) is 0 Å². The van der Waals surface area contributed by atoms with Gasteiger partial charge in [-0.2, -0.15) is 9.40 Å². The third-order valence-corrected chi connectivity index (χ3v) is 5.25. The molecule has 19 heavy (non-hydrogen) atoms. The number of nitrogens with zero attached hydrogens (tertiary/aromatic N) is 2.